The van der Waals surface area contributed by atoms with Crippen LogP contribution in [0.5, 0.6) is 0 Å². The van der Waals surface area contributed by atoms with E-state index in [4.69, 9.17) is 33.2 Å². The number of piperazine rings is 4. The third-order valence-corrected chi connectivity index (χ3v) is 22.8. The topological polar surface area (TPSA) is 464 Å². The summed E-state index contributed by atoms with van der Waals surface area (Å²) in [5.41, 5.74) is 29.0. The van der Waals surface area contributed by atoms with Crippen molar-refractivity contribution in [2.75, 3.05) is 160 Å². The van der Waals surface area contributed by atoms with E-state index in [-0.39, 0.29) is 71.7 Å². The lowest BCUT2D eigenvalue weighted by Gasteiger charge is -2.38. The first-order valence-electron chi connectivity index (χ1n) is 42.2. The largest absolute Gasteiger partial charge is 0.420 e. The molecule has 0 aliphatic carbocycles. The monoisotopic (exact) mass is 1730 g/mol. The lowest BCUT2D eigenvalue weighted by Crippen LogP contribution is -2.54. The van der Waals surface area contributed by atoms with Crippen LogP contribution in [-0.4, -0.2) is 262 Å². The van der Waals surface area contributed by atoms with Gasteiger partial charge < -0.3 is 102 Å². The van der Waals surface area contributed by atoms with E-state index in [1.54, 1.807) is 103 Å². The van der Waals surface area contributed by atoms with E-state index < -0.39 is 6.04 Å². The molecule has 0 radical (unpaired) electrons. The first-order valence-corrected chi connectivity index (χ1v) is 42.6. The van der Waals surface area contributed by atoms with E-state index in [2.05, 4.69) is 120 Å². The van der Waals surface area contributed by atoms with E-state index in [9.17, 15) is 33.6 Å². The van der Waals surface area contributed by atoms with Crippen molar-refractivity contribution in [1.82, 2.24) is 89.9 Å². The summed E-state index contributed by atoms with van der Waals surface area (Å²) in [5.74, 6) is 0.508. The number of aromatic amines is 4. The van der Waals surface area contributed by atoms with E-state index in [0.29, 0.717) is 192 Å². The van der Waals surface area contributed by atoms with E-state index in [1.807, 2.05) is 97.1 Å². The molecule has 0 unspecified atom stereocenters. The molecule has 2 atom stereocenters. The molecule has 12 aromatic heterocycles. The highest BCUT2D eigenvalue weighted by Crippen LogP contribution is 2.40. The van der Waals surface area contributed by atoms with Crippen molar-refractivity contribution in [1.29, 1.82) is 0 Å². The first kappa shape index (κ1) is 88.5. The minimum Gasteiger partial charge on any atom is -0.420 e. The zero-order valence-corrected chi connectivity index (χ0v) is 71.9. The predicted octanol–water partition coefficient (Wildman–Crippen LogP) is 8.69. The van der Waals surface area contributed by atoms with Crippen LogP contribution in [0.15, 0.2) is 176 Å². The van der Waals surface area contributed by atoms with Crippen LogP contribution in [0.3, 0.4) is 0 Å². The van der Waals surface area contributed by atoms with Gasteiger partial charge in [-0.25, -0.2) is 19.9 Å². The van der Waals surface area contributed by atoms with Gasteiger partial charge in [0.15, 0.2) is 0 Å². The number of carbonyl (C=O) groups excluding carboxylic acids is 7. The number of benzene rings is 1. The van der Waals surface area contributed by atoms with Crippen LogP contribution >= 0.6 is 11.6 Å². The maximum absolute atomic E-state index is 13.8. The van der Waals surface area contributed by atoms with Gasteiger partial charge in [-0.15, -0.1) is 10.2 Å². The maximum atomic E-state index is 13.8. The number of carbonyl (C=O) groups is 7. The summed E-state index contributed by atoms with van der Waals surface area (Å²) in [5, 5.41) is 25.0. The average Bonchev–Trinajstić information content (AvgIpc) is 1.58. The van der Waals surface area contributed by atoms with Gasteiger partial charge in [-0.2, -0.15) is 0 Å². The van der Waals surface area contributed by atoms with Crippen LogP contribution in [0.25, 0.3) is 55.6 Å². The minimum atomic E-state index is -0.474. The van der Waals surface area contributed by atoms with Crippen molar-refractivity contribution < 1.29 is 38.0 Å². The normalized spacial score (nSPS) is 14.8. The van der Waals surface area contributed by atoms with Crippen LogP contribution in [0.1, 0.15) is 102 Å². The highest BCUT2D eigenvalue weighted by atomic mass is 35.5. The highest BCUT2D eigenvalue weighted by molar-refractivity contribution is 6.30. The lowest BCUT2D eigenvalue weighted by molar-refractivity contribution is -0.134. The maximum Gasteiger partial charge on any atom is 0.257 e. The molecule has 126 heavy (non-hydrogen) atoms. The van der Waals surface area contributed by atoms with Crippen molar-refractivity contribution in [3.8, 4) is 11.5 Å². The number of pyridine rings is 7. The van der Waals surface area contributed by atoms with Gasteiger partial charge in [0.05, 0.1) is 96.7 Å². The average molecular weight is 1730 g/mol. The fourth-order valence-corrected chi connectivity index (χ4v) is 15.7. The molecule has 656 valence electrons. The van der Waals surface area contributed by atoms with Crippen LogP contribution in [-0.2, 0) is 19.2 Å². The second kappa shape index (κ2) is 41.1. The van der Waals surface area contributed by atoms with Crippen molar-refractivity contribution in [3.63, 3.8) is 0 Å². The molecule has 4 aliphatic heterocycles. The van der Waals surface area contributed by atoms with Gasteiger partial charge in [-0.05, 0) is 84.3 Å². The van der Waals surface area contributed by atoms with Crippen LogP contribution in [0.4, 0.5) is 39.8 Å². The fourth-order valence-electron chi connectivity index (χ4n) is 15.6. The summed E-state index contributed by atoms with van der Waals surface area (Å²) >= 11 is 6.12. The van der Waals surface area contributed by atoms with Gasteiger partial charge in [0, 0.05) is 233 Å². The molecule has 4 aliphatic rings. The smallest absolute Gasteiger partial charge is 0.257 e. The Labute approximate surface area is 732 Å². The highest BCUT2D eigenvalue weighted by Gasteiger charge is 2.34. The number of rotatable bonds is 22. The lowest BCUT2D eigenvalue weighted by atomic mass is 9.96. The van der Waals surface area contributed by atoms with E-state index in [1.165, 1.54) is 18.6 Å². The number of amides is 7. The Morgan fingerprint density at radius 3 is 1.32 bits per heavy atom. The quantitative estimate of drug-likeness (QED) is 0.0302. The molecular formula is C89H105ClN28O8. The Hall–Kier alpha value is -13.8. The molecule has 36 nitrogen and oxygen atoms in total. The molecule has 0 saturated carbocycles. The number of fused-ring (bicyclic) bond motifs is 4. The van der Waals surface area contributed by atoms with Gasteiger partial charge >= 0.3 is 0 Å². The Morgan fingerprint density at radius 1 is 0.476 bits per heavy atom. The molecule has 7 amide bonds. The molecule has 17 rings (SSSR count). The standard InChI is InChI=1S/C28H34ClN7O2.C22H27N7O2.C20H23N7O2.C19H21N7O2/c1-17(2)26-33-34-27(38-26)23-16-32-25-21(9-10-30-25)24(23)35-11-13-36(14-12-35)28(37)22(15-31-18(3)4)19-5-7-20(29)8-6-19;1-14(2)19(23)22(31)29-10-8-28(9-11-29)17-5-7-25-20-18(17)16(13-26-20)27-21(30)15-4-3-6-24-12-15;21-5-3-17(28)27-10-8-26(9-11-27)16-4-7-23-19-18(16)15(13-24-19)25-20(29)14-2-1-6-22-12-14;20-10-16(27)26-8-6-25(7-9-26)15-3-5-22-18-17(15)14(12-23-18)24-19(28)13-2-1-4-21-11-13/h5-10,16-18,22,31H,11-15H2,1-4H3,(H,30,32);3-7,12-14,19H,8-11,23H2,1-2H3,(H,25,26)(H,27,30);1-2,4,6-7,12-13H,3,5,8-11,21H2,(H,23,24)(H,25,29);1-5,11-12H,6-10,20H2,(H,22,23)(H,24,28)/t22-;19-;;/m11../s1. The predicted molar refractivity (Wildman–Crippen MR) is 486 cm³/mol. The number of nitrogens with zero attached hydrogens (tertiary/aromatic N) is 17. The van der Waals surface area contributed by atoms with Gasteiger partial charge in [-0.1, -0.05) is 65.3 Å². The second-order valence-corrected chi connectivity index (χ2v) is 32.2. The van der Waals surface area contributed by atoms with Crippen molar-refractivity contribution in [2.24, 2.45) is 23.1 Å². The number of hydrogen-bond donors (Lipinski definition) is 11. The number of hydrogen-bond acceptors (Lipinski definition) is 25. The third-order valence-electron chi connectivity index (χ3n) is 22.5. The second-order valence-electron chi connectivity index (χ2n) is 31.8. The molecular weight excluding hydrogens is 1620 g/mol. The molecule has 37 heteroatoms. The molecule has 0 spiro atoms. The Balaban J connectivity index is 0.000000137. The van der Waals surface area contributed by atoms with Crippen LogP contribution in [0, 0.1) is 5.92 Å². The summed E-state index contributed by atoms with van der Waals surface area (Å²) in [6, 6.07) is 25.5. The zero-order valence-electron chi connectivity index (χ0n) is 71.2. The Bertz CT molecular complexity index is 5890. The first-order chi connectivity index (χ1) is 61.1. The number of H-pyrrole nitrogens is 4. The zero-order chi connectivity index (χ0) is 88.5. The number of halogens is 1. The molecule has 14 N–H and O–H groups in total. The van der Waals surface area contributed by atoms with Crippen molar-refractivity contribution in [2.45, 2.75) is 71.9 Å². The van der Waals surface area contributed by atoms with Gasteiger partial charge in [0.2, 0.25) is 29.5 Å². The summed E-state index contributed by atoms with van der Waals surface area (Å²) in [6.07, 6.45) is 24.0. The van der Waals surface area contributed by atoms with Gasteiger partial charge in [0.25, 0.3) is 23.6 Å². The summed E-state index contributed by atoms with van der Waals surface area (Å²) in [6.45, 7) is 23.5. The number of anilines is 7. The SMILES string of the molecule is CC(C)NC[C@@H](C(=O)N1CCN(c2c(-c3nnc(C(C)C)o3)cnc3[nH]ccc23)CC1)c1ccc(Cl)cc1.CC(C)[C@@H](N)C(=O)N1CCN(c2ccnc3[nH]cc(NC(=O)c4cccnc4)c23)CC1.NCC(=O)N1CCN(c2ccnc3[nH]cc(NC(=O)c4cccnc4)c23)CC1.NCCC(=O)N1CCN(c2ccnc3[nH]cc(NC(=O)c4cccnc4)c23)CC1. The summed E-state index contributed by atoms with van der Waals surface area (Å²) < 4.78 is 6.00. The summed E-state index contributed by atoms with van der Waals surface area (Å²) in [7, 11) is 0. The molecule has 1 aromatic carbocycles. The number of nitrogens with one attached hydrogen (secondary N) is 8. The van der Waals surface area contributed by atoms with Gasteiger partial charge in [-0.3, -0.25) is 48.5 Å². The van der Waals surface area contributed by atoms with E-state index in [0.717, 1.165) is 61.1 Å². The Morgan fingerprint density at radius 2 is 0.913 bits per heavy atom. The minimum absolute atomic E-state index is 0.000549. The fraction of sp³-hybridized carbons (Fsp3) is 0.348. The summed E-state index contributed by atoms with van der Waals surface area (Å²) in [4.78, 5) is 147. The van der Waals surface area contributed by atoms with Gasteiger partial charge in [0.1, 0.15) is 22.6 Å². The molecule has 13 aromatic rings. The molecule has 16 heterocycles. The molecule has 0 bridgehead atoms. The van der Waals surface area contributed by atoms with Crippen molar-refractivity contribution >= 4 is 137 Å². The number of nitrogens with two attached hydrogens (primary N) is 3. The van der Waals surface area contributed by atoms with Crippen molar-refractivity contribution in [3.05, 3.63) is 205 Å². The van der Waals surface area contributed by atoms with Crippen LogP contribution < -0.4 is 58.1 Å². The Kier molecular flexibility index (Phi) is 28.9. The molecule has 4 fully saturated rings. The number of aromatic nitrogens is 13. The third kappa shape index (κ3) is 20.8. The van der Waals surface area contributed by atoms with E-state index >= 15 is 0 Å². The molecule has 4 saturated heterocycles. The van der Waals surface area contributed by atoms with Crippen LogP contribution in [0.2, 0.25) is 5.02 Å².